The average Bonchev–Trinajstić information content (AvgIpc) is 2.68. The van der Waals surface area contributed by atoms with Crippen LogP contribution in [0.2, 0.25) is 0 Å². The summed E-state index contributed by atoms with van der Waals surface area (Å²) >= 11 is 0. The molecule has 1 heterocycles. The zero-order valence-electron chi connectivity index (χ0n) is 21.5. The number of hydrogen-bond donors (Lipinski definition) is 1. The van der Waals surface area contributed by atoms with Gasteiger partial charge < -0.3 is 24.1 Å². The number of nitrogens with one attached hydrogen (secondary N) is 1. The molecule has 0 saturated carbocycles. The number of aromatic nitrogens is 1. The summed E-state index contributed by atoms with van der Waals surface area (Å²) in [5.41, 5.74) is -0.278. The van der Waals surface area contributed by atoms with Crippen molar-refractivity contribution < 1.29 is 19.0 Å². The van der Waals surface area contributed by atoms with Crippen molar-refractivity contribution in [1.82, 2.24) is 9.88 Å². The highest BCUT2D eigenvalue weighted by Crippen LogP contribution is 2.32. The largest absolute Gasteiger partial charge is 0.494 e. The van der Waals surface area contributed by atoms with Crippen molar-refractivity contribution in [3.63, 3.8) is 0 Å². The summed E-state index contributed by atoms with van der Waals surface area (Å²) in [7, 11) is 0. The second-order valence-electron chi connectivity index (χ2n) is 10.4. The Morgan fingerprint density at radius 3 is 2.30 bits per heavy atom. The third-order valence-electron chi connectivity index (χ3n) is 4.79. The molecular weight excluding hydrogens is 420 g/mol. The Morgan fingerprint density at radius 1 is 1.03 bits per heavy atom. The van der Waals surface area contributed by atoms with E-state index in [9.17, 15) is 9.59 Å². The van der Waals surface area contributed by atoms with Crippen molar-refractivity contribution in [2.24, 2.45) is 5.41 Å². The van der Waals surface area contributed by atoms with Gasteiger partial charge in [-0.25, -0.2) is 4.79 Å². The van der Waals surface area contributed by atoms with Crippen molar-refractivity contribution in [3.05, 3.63) is 34.2 Å². The standard InChI is InChI=1S/C26H40N2O5/c1-9-11-14-32-22-20-15-18(31-10-2)12-13-19(20)23(29)28(17-25(3,4)5)21(22)16-27-24(30)33-26(6,7)8/h12-13,15H,9-11,14,16-17H2,1-8H3,(H,27,30). The lowest BCUT2D eigenvalue weighted by Crippen LogP contribution is -2.36. The summed E-state index contributed by atoms with van der Waals surface area (Å²) in [5.74, 6) is 1.27. The van der Waals surface area contributed by atoms with Gasteiger partial charge in [-0.2, -0.15) is 0 Å². The number of benzene rings is 1. The lowest BCUT2D eigenvalue weighted by molar-refractivity contribution is 0.0521. The second kappa shape index (κ2) is 10.9. The molecule has 0 unspecified atom stereocenters. The summed E-state index contributed by atoms with van der Waals surface area (Å²) in [6.45, 7) is 17.3. The molecule has 2 rings (SSSR count). The maximum atomic E-state index is 13.6. The highest BCUT2D eigenvalue weighted by atomic mass is 16.6. The number of pyridine rings is 1. The van der Waals surface area contributed by atoms with E-state index in [4.69, 9.17) is 14.2 Å². The van der Waals surface area contributed by atoms with E-state index >= 15 is 0 Å². The number of ether oxygens (including phenoxy) is 3. The molecule has 1 amide bonds. The second-order valence-corrected chi connectivity index (χ2v) is 10.4. The lowest BCUT2D eigenvalue weighted by atomic mass is 9.96. The van der Waals surface area contributed by atoms with Crippen molar-refractivity contribution in [3.8, 4) is 11.5 Å². The zero-order chi connectivity index (χ0) is 24.8. The van der Waals surface area contributed by atoms with Gasteiger partial charge in [0.2, 0.25) is 0 Å². The number of unbranched alkanes of at least 4 members (excludes halogenated alkanes) is 1. The lowest BCUT2D eigenvalue weighted by Gasteiger charge is -2.26. The number of alkyl carbamates (subject to hydrolysis) is 1. The van der Waals surface area contributed by atoms with Crippen LogP contribution in [-0.2, 0) is 17.8 Å². The van der Waals surface area contributed by atoms with Crippen LogP contribution in [0, 0.1) is 5.41 Å². The Morgan fingerprint density at radius 2 is 1.73 bits per heavy atom. The predicted molar refractivity (Wildman–Crippen MR) is 132 cm³/mol. The summed E-state index contributed by atoms with van der Waals surface area (Å²) in [5, 5.41) is 4.07. The summed E-state index contributed by atoms with van der Waals surface area (Å²) in [6.07, 6.45) is 1.32. The monoisotopic (exact) mass is 460 g/mol. The number of carbonyl (C=O) groups excluding carboxylic acids is 1. The van der Waals surface area contributed by atoms with Crippen molar-refractivity contribution in [1.29, 1.82) is 0 Å². The molecule has 0 bridgehead atoms. The fourth-order valence-electron chi connectivity index (χ4n) is 3.47. The normalized spacial score (nSPS) is 12.0. The average molecular weight is 461 g/mol. The van der Waals surface area contributed by atoms with E-state index < -0.39 is 11.7 Å². The van der Waals surface area contributed by atoms with E-state index in [-0.39, 0.29) is 17.5 Å². The van der Waals surface area contributed by atoms with Gasteiger partial charge >= 0.3 is 6.09 Å². The number of carbonyl (C=O) groups is 1. The fraction of sp³-hybridized carbons (Fsp3) is 0.615. The number of amides is 1. The molecule has 0 spiro atoms. The van der Waals surface area contributed by atoms with E-state index in [0.29, 0.717) is 47.7 Å². The predicted octanol–water partition coefficient (Wildman–Crippen LogP) is 5.65. The van der Waals surface area contributed by atoms with Crippen LogP contribution in [0.15, 0.2) is 23.0 Å². The van der Waals surface area contributed by atoms with E-state index in [0.717, 1.165) is 12.8 Å². The van der Waals surface area contributed by atoms with Crippen molar-refractivity contribution >= 4 is 16.9 Å². The van der Waals surface area contributed by atoms with Gasteiger partial charge in [-0.3, -0.25) is 4.79 Å². The highest BCUT2D eigenvalue weighted by molar-refractivity contribution is 5.90. The molecule has 0 aliphatic rings. The Balaban J connectivity index is 2.68. The van der Waals surface area contributed by atoms with Gasteiger partial charge in [0, 0.05) is 11.9 Å². The van der Waals surface area contributed by atoms with Gasteiger partial charge in [-0.1, -0.05) is 34.1 Å². The SMILES string of the molecule is CCCCOc1c(CNC(=O)OC(C)(C)C)n(CC(C)(C)C)c(=O)c2ccc(OCC)cc12. The molecule has 0 radical (unpaired) electrons. The molecule has 0 aliphatic carbocycles. The van der Waals surface area contributed by atoms with Crippen molar-refractivity contribution in [2.45, 2.75) is 86.9 Å². The van der Waals surface area contributed by atoms with Gasteiger partial charge in [-0.05, 0) is 57.7 Å². The van der Waals surface area contributed by atoms with Crippen LogP contribution < -0.4 is 20.3 Å². The topological polar surface area (TPSA) is 78.8 Å². The number of fused-ring (bicyclic) bond motifs is 1. The van der Waals surface area contributed by atoms with E-state index in [1.807, 2.05) is 39.8 Å². The van der Waals surface area contributed by atoms with Crippen LogP contribution in [-0.4, -0.2) is 29.5 Å². The van der Waals surface area contributed by atoms with Crippen LogP contribution in [0.25, 0.3) is 10.8 Å². The number of hydrogen-bond acceptors (Lipinski definition) is 5. The zero-order valence-corrected chi connectivity index (χ0v) is 21.5. The van der Waals surface area contributed by atoms with Crippen LogP contribution in [0.1, 0.15) is 73.9 Å². The molecule has 7 heteroatoms. The first-order chi connectivity index (χ1) is 15.4. The van der Waals surface area contributed by atoms with Gasteiger partial charge in [0.1, 0.15) is 17.1 Å². The third-order valence-corrected chi connectivity index (χ3v) is 4.79. The van der Waals surface area contributed by atoms with Gasteiger partial charge in [-0.15, -0.1) is 0 Å². The molecule has 0 aliphatic heterocycles. The number of nitrogens with zero attached hydrogens (tertiary/aromatic N) is 1. The van der Waals surface area contributed by atoms with Crippen LogP contribution in [0.4, 0.5) is 4.79 Å². The van der Waals surface area contributed by atoms with Gasteiger partial charge in [0.05, 0.1) is 30.8 Å². The number of rotatable bonds is 9. The molecule has 1 aromatic carbocycles. The molecule has 1 N–H and O–H groups in total. The van der Waals surface area contributed by atoms with E-state index in [1.165, 1.54) is 0 Å². The molecule has 0 saturated heterocycles. The summed E-state index contributed by atoms with van der Waals surface area (Å²) in [6, 6.07) is 5.45. The van der Waals surface area contributed by atoms with Crippen LogP contribution in [0.3, 0.4) is 0 Å². The Hall–Kier alpha value is -2.70. The van der Waals surface area contributed by atoms with E-state index in [2.05, 4.69) is 33.0 Å². The molecule has 0 atom stereocenters. The quantitative estimate of drug-likeness (QED) is 0.489. The van der Waals surface area contributed by atoms with E-state index in [1.54, 1.807) is 10.6 Å². The Kier molecular flexibility index (Phi) is 8.81. The molecule has 0 fully saturated rings. The first kappa shape index (κ1) is 26.6. The first-order valence-electron chi connectivity index (χ1n) is 11.8. The molecule has 33 heavy (non-hydrogen) atoms. The fourth-order valence-corrected chi connectivity index (χ4v) is 3.47. The Labute approximate surface area is 197 Å². The highest BCUT2D eigenvalue weighted by Gasteiger charge is 2.24. The maximum absolute atomic E-state index is 13.6. The minimum Gasteiger partial charge on any atom is -0.494 e. The minimum absolute atomic E-state index is 0.108. The van der Waals surface area contributed by atoms with Gasteiger partial charge in [0.25, 0.3) is 5.56 Å². The van der Waals surface area contributed by atoms with Crippen molar-refractivity contribution in [2.75, 3.05) is 13.2 Å². The molecule has 1 aromatic heterocycles. The smallest absolute Gasteiger partial charge is 0.407 e. The first-order valence-corrected chi connectivity index (χ1v) is 11.8. The third kappa shape index (κ3) is 7.69. The molecule has 2 aromatic rings. The summed E-state index contributed by atoms with van der Waals surface area (Å²) in [4.78, 5) is 26.0. The maximum Gasteiger partial charge on any atom is 0.407 e. The van der Waals surface area contributed by atoms with Crippen LogP contribution in [0.5, 0.6) is 11.5 Å². The van der Waals surface area contributed by atoms with Crippen LogP contribution >= 0.6 is 0 Å². The molecule has 184 valence electrons. The molecule has 7 nitrogen and oxygen atoms in total. The summed E-state index contributed by atoms with van der Waals surface area (Å²) < 4.78 is 19.1. The van der Waals surface area contributed by atoms with Gasteiger partial charge in [0.15, 0.2) is 0 Å². The molecular formula is C26H40N2O5. The minimum atomic E-state index is -0.620. The Bertz CT molecular complexity index is 1010.